The second kappa shape index (κ2) is 11.6. The normalized spacial score (nSPS) is 10.8. The van der Waals surface area contributed by atoms with Crippen molar-refractivity contribution in [1.29, 1.82) is 0 Å². The van der Waals surface area contributed by atoms with E-state index in [2.05, 4.69) is 63.6 Å². The molecule has 0 saturated carbocycles. The second-order valence-corrected chi connectivity index (χ2v) is 9.78. The summed E-state index contributed by atoms with van der Waals surface area (Å²) in [5, 5.41) is 6.83. The van der Waals surface area contributed by atoms with E-state index in [4.69, 9.17) is 4.74 Å². The van der Waals surface area contributed by atoms with Crippen LogP contribution in [0, 0.1) is 13.8 Å². The predicted octanol–water partition coefficient (Wildman–Crippen LogP) is 6.37. The van der Waals surface area contributed by atoms with Crippen LogP contribution in [-0.2, 0) is 4.79 Å². The minimum absolute atomic E-state index is 0.152. The molecular weight excluding hydrogens is 618 g/mol. The Kier molecular flexibility index (Phi) is 8.82. The van der Waals surface area contributed by atoms with Crippen molar-refractivity contribution in [1.82, 2.24) is 5.43 Å². The molecule has 0 aliphatic carbocycles. The third kappa shape index (κ3) is 7.25. The number of amides is 2. The van der Waals surface area contributed by atoms with Crippen LogP contribution >= 0.6 is 47.8 Å². The summed E-state index contributed by atoms with van der Waals surface area (Å²) in [5.41, 5.74) is 6.70. The first-order valence-electron chi connectivity index (χ1n) is 9.81. The van der Waals surface area contributed by atoms with Gasteiger partial charge < -0.3 is 10.1 Å². The lowest BCUT2D eigenvalue weighted by molar-refractivity contribution is -0.118. The van der Waals surface area contributed by atoms with E-state index < -0.39 is 0 Å². The van der Waals surface area contributed by atoms with Crippen LogP contribution in [0.2, 0.25) is 0 Å². The molecule has 0 spiro atoms. The maximum Gasteiger partial charge on any atom is 0.271 e. The van der Waals surface area contributed by atoms with E-state index >= 15 is 0 Å². The van der Waals surface area contributed by atoms with Crippen LogP contribution in [0.25, 0.3) is 0 Å². The summed E-state index contributed by atoms with van der Waals surface area (Å²) in [4.78, 5) is 24.4. The lowest BCUT2D eigenvalue weighted by atomic mass is 10.1. The van der Waals surface area contributed by atoms with Gasteiger partial charge in [-0.05, 0) is 111 Å². The molecule has 2 amide bonds. The van der Waals surface area contributed by atoms with Gasteiger partial charge in [0.05, 0.1) is 15.2 Å². The molecule has 0 saturated heterocycles. The SMILES string of the molecule is Cc1ccc(NC(=O)COc2c(Br)cc(/C=N/NC(=O)c3ccc(Br)cc3)cc2Br)cc1C. The summed E-state index contributed by atoms with van der Waals surface area (Å²) in [6.07, 6.45) is 1.52. The van der Waals surface area contributed by atoms with E-state index in [-0.39, 0.29) is 18.4 Å². The Morgan fingerprint density at radius 3 is 2.24 bits per heavy atom. The number of carbonyl (C=O) groups excluding carboxylic acids is 2. The van der Waals surface area contributed by atoms with Crippen molar-refractivity contribution in [2.45, 2.75) is 13.8 Å². The summed E-state index contributed by atoms with van der Waals surface area (Å²) in [7, 11) is 0. The largest absolute Gasteiger partial charge is 0.481 e. The number of hydrazone groups is 1. The fourth-order valence-electron chi connectivity index (χ4n) is 2.78. The van der Waals surface area contributed by atoms with Crippen molar-refractivity contribution >= 4 is 71.5 Å². The third-order valence-electron chi connectivity index (χ3n) is 4.65. The zero-order valence-corrected chi connectivity index (χ0v) is 22.5. The fourth-order valence-corrected chi connectivity index (χ4v) is 4.49. The average molecular weight is 638 g/mol. The number of benzene rings is 3. The Labute approximate surface area is 217 Å². The summed E-state index contributed by atoms with van der Waals surface area (Å²) in [6.45, 7) is 3.86. The smallest absolute Gasteiger partial charge is 0.271 e. The number of aryl methyl sites for hydroxylation is 2. The van der Waals surface area contributed by atoms with Gasteiger partial charge in [-0.25, -0.2) is 5.43 Å². The molecule has 0 atom stereocenters. The van der Waals surface area contributed by atoms with Crippen LogP contribution in [0.4, 0.5) is 5.69 Å². The molecule has 0 bridgehead atoms. The van der Waals surface area contributed by atoms with Crippen LogP contribution in [0.15, 0.2) is 73.1 Å². The van der Waals surface area contributed by atoms with E-state index in [9.17, 15) is 9.59 Å². The van der Waals surface area contributed by atoms with E-state index in [1.807, 2.05) is 32.0 Å². The first-order valence-corrected chi connectivity index (χ1v) is 12.2. The van der Waals surface area contributed by atoms with Crippen LogP contribution in [0.5, 0.6) is 5.75 Å². The van der Waals surface area contributed by atoms with Crippen molar-refractivity contribution in [3.05, 3.63) is 90.3 Å². The predicted molar refractivity (Wildman–Crippen MR) is 141 cm³/mol. The van der Waals surface area contributed by atoms with Crippen molar-refractivity contribution in [3.63, 3.8) is 0 Å². The van der Waals surface area contributed by atoms with Crippen molar-refractivity contribution in [3.8, 4) is 5.75 Å². The highest BCUT2D eigenvalue weighted by atomic mass is 79.9. The Morgan fingerprint density at radius 2 is 1.61 bits per heavy atom. The molecule has 0 radical (unpaired) electrons. The van der Waals surface area contributed by atoms with Crippen LogP contribution in [0.3, 0.4) is 0 Å². The molecule has 33 heavy (non-hydrogen) atoms. The number of anilines is 1. The van der Waals surface area contributed by atoms with Crippen molar-refractivity contribution in [2.75, 3.05) is 11.9 Å². The second-order valence-electron chi connectivity index (χ2n) is 7.16. The summed E-state index contributed by atoms with van der Waals surface area (Å²) in [6, 6.07) is 16.3. The molecule has 3 rings (SSSR count). The summed E-state index contributed by atoms with van der Waals surface area (Å²) < 4.78 is 7.86. The fraction of sp³-hybridized carbons (Fsp3) is 0.125. The van der Waals surface area contributed by atoms with Crippen LogP contribution in [-0.4, -0.2) is 24.6 Å². The van der Waals surface area contributed by atoms with E-state index in [1.165, 1.54) is 6.21 Å². The van der Waals surface area contributed by atoms with Gasteiger partial charge in [0.1, 0.15) is 5.75 Å². The lowest BCUT2D eigenvalue weighted by Crippen LogP contribution is -2.20. The van der Waals surface area contributed by atoms with Crippen molar-refractivity contribution < 1.29 is 14.3 Å². The van der Waals surface area contributed by atoms with E-state index in [0.29, 0.717) is 20.3 Å². The third-order valence-corrected chi connectivity index (χ3v) is 6.35. The molecule has 0 heterocycles. The van der Waals surface area contributed by atoms with E-state index in [0.717, 1.165) is 26.9 Å². The number of hydrogen-bond acceptors (Lipinski definition) is 4. The molecule has 2 N–H and O–H groups in total. The zero-order valence-electron chi connectivity index (χ0n) is 17.8. The number of ether oxygens (including phenoxy) is 1. The molecule has 0 unspecified atom stereocenters. The molecule has 0 fully saturated rings. The van der Waals surface area contributed by atoms with Crippen LogP contribution in [0.1, 0.15) is 27.0 Å². The monoisotopic (exact) mass is 635 g/mol. The number of nitrogens with one attached hydrogen (secondary N) is 2. The lowest BCUT2D eigenvalue weighted by Gasteiger charge is -2.12. The summed E-state index contributed by atoms with van der Waals surface area (Å²) >= 11 is 10.2. The van der Waals surface area contributed by atoms with Gasteiger partial charge >= 0.3 is 0 Å². The molecular formula is C24H20Br3N3O3. The number of carbonyl (C=O) groups is 2. The van der Waals surface area contributed by atoms with Gasteiger partial charge in [0.25, 0.3) is 11.8 Å². The zero-order chi connectivity index (χ0) is 24.0. The number of rotatable bonds is 7. The maximum atomic E-state index is 12.3. The Hall–Kier alpha value is -2.49. The molecule has 3 aromatic rings. The molecule has 0 aliphatic heterocycles. The molecule has 0 aromatic heterocycles. The average Bonchev–Trinajstić information content (AvgIpc) is 2.76. The number of nitrogens with zero attached hydrogens (tertiary/aromatic N) is 1. The van der Waals surface area contributed by atoms with Crippen molar-refractivity contribution in [2.24, 2.45) is 5.10 Å². The summed E-state index contributed by atoms with van der Waals surface area (Å²) in [5.74, 6) is -0.0914. The number of halogens is 3. The van der Waals surface area contributed by atoms with Gasteiger partial charge in [0.15, 0.2) is 6.61 Å². The minimum atomic E-state index is -0.313. The Balaban J connectivity index is 1.58. The maximum absolute atomic E-state index is 12.3. The first-order chi connectivity index (χ1) is 15.7. The molecule has 3 aromatic carbocycles. The highest BCUT2D eigenvalue weighted by Crippen LogP contribution is 2.34. The Bertz CT molecular complexity index is 1190. The standard InChI is InChI=1S/C24H20Br3N3O3/c1-14-3-8-19(9-15(14)2)29-22(31)13-33-23-20(26)10-16(11-21(23)27)12-28-30-24(32)17-4-6-18(25)7-5-17/h3-12H,13H2,1-2H3,(H,29,31)(H,30,32)/b28-12+. The van der Waals surface area contributed by atoms with Gasteiger partial charge in [-0.1, -0.05) is 22.0 Å². The molecule has 0 aliphatic rings. The van der Waals surface area contributed by atoms with Crippen LogP contribution < -0.4 is 15.5 Å². The van der Waals surface area contributed by atoms with E-state index in [1.54, 1.807) is 36.4 Å². The first kappa shape index (κ1) is 25.1. The topological polar surface area (TPSA) is 79.8 Å². The van der Waals surface area contributed by atoms with Gasteiger partial charge in [-0.2, -0.15) is 5.10 Å². The van der Waals surface area contributed by atoms with Gasteiger partial charge in [0.2, 0.25) is 0 Å². The quantitative estimate of drug-likeness (QED) is 0.233. The van der Waals surface area contributed by atoms with Gasteiger partial charge in [-0.15, -0.1) is 0 Å². The number of hydrogen-bond donors (Lipinski definition) is 2. The minimum Gasteiger partial charge on any atom is -0.481 e. The highest BCUT2D eigenvalue weighted by molar-refractivity contribution is 9.11. The molecule has 170 valence electrons. The van der Waals surface area contributed by atoms with Gasteiger partial charge in [-0.3, -0.25) is 9.59 Å². The van der Waals surface area contributed by atoms with Gasteiger partial charge in [0, 0.05) is 15.7 Å². The Morgan fingerprint density at radius 1 is 0.939 bits per heavy atom. The highest BCUT2D eigenvalue weighted by Gasteiger charge is 2.12. The molecule has 9 heteroatoms. The molecule has 6 nitrogen and oxygen atoms in total.